The van der Waals surface area contributed by atoms with Gasteiger partial charge in [-0.1, -0.05) is 13.8 Å². The first-order valence-electron chi connectivity index (χ1n) is 7.65. The van der Waals surface area contributed by atoms with Gasteiger partial charge in [0.2, 0.25) is 0 Å². The Morgan fingerprint density at radius 3 is 2.79 bits per heavy atom. The van der Waals surface area contributed by atoms with Gasteiger partial charge in [0.05, 0.1) is 10.7 Å². The van der Waals surface area contributed by atoms with Gasteiger partial charge in [-0.3, -0.25) is 0 Å². The summed E-state index contributed by atoms with van der Waals surface area (Å²) in [4.78, 5) is 6.54. The van der Waals surface area contributed by atoms with E-state index in [4.69, 9.17) is 4.98 Å². The zero-order valence-electron chi connectivity index (χ0n) is 13.0. The number of thiazole rings is 1. The number of nitrogens with zero attached hydrogens (tertiary/aromatic N) is 1. The Kier molecular flexibility index (Phi) is 4.67. The fourth-order valence-electron chi connectivity index (χ4n) is 2.54. The zero-order chi connectivity index (χ0) is 14.0. The summed E-state index contributed by atoms with van der Waals surface area (Å²) in [5.74, 6) is 1.24. The van der Waals surface area contributed by atoms with Crippen LogP contribution in [0.4, 0.5) is 0 Å². The highest BCUT2D eigenvalue weighted by Crippen LogP contribution is 2.37. The minimum absolute atomic E-state index is 0.202. The van der Waals surface area contributed by atoms with Crippen molar-refractivity contribution in [3.05, 3.63) is 15.6 Å². The van der Waals surface area contributed by atoms with E-state index in [-0.39, 0.29) is 5.54 Å². The van der Waals surface area contributed by atoms with Gasteiger partial charge in [-0.15, -0.1) is 11.3 Å². The van der Waals surface area contributed by atoms with E-state index < -0.39 is 0 Å². The van der Waals surface area contributed by atoms with Crippen LogP contribution in [-0.2, 0) is 6.42 Å². The second kappa shape index (κ2) is 5.92. The SMILES string of the molecule is CCC(C)c1nc2c(s1)CCCC2CNC(C)(C)C. The molecule has 0 saturated carbocycles. The van der Waals surface area contributed by atoms with E-state index >= 15 is 0 Å². The van der Waals surface area contributed by atoms with Crippen molar-refractivity contribution in [3.63, 3.8) is 0 Å². The first kappa shape index (κ1) is 15.0. The molecule has 0 amide bonds. The van der Waals surface area contributed by atoms with E-state index in [1.54, 1.807) is 4.88 Å². The number of fused-ring (bicyclic) bond motifs is 1. The molecule has 0 saturated heterocycles. The van der Waals surface area contributed by atoms with E-state index in [0.29, 0.717) is 11.8 Å². The molecule has 0 bridgehead atoms. The van der Waals surface area contributed by atoms with Crippen LogP contribution in [-0.4, -0.2) is 17.1 Å². The summed E-state index contributed by atoms with van der Waals surface area (Å²) >= 11 is 1.97. The Hall–Kier alpha value is -0.410. The summed E-state index contributed by atoms with van der Waals surface area (Å²) in [5.41, 5.74) is 1.61. The lowest BCUT2D eigenvalue weighted by molar-refractivity contribution is 0.388. The van der Waals surface area contributed by atoms with Crippen LogP contribution in [0.3, 0.4) is 0 Å². The van der Waals surface area contributed by atoms with Crippen LogP contribution in [0.15, 0.2) is 0 Å². The van der Waals surface area contributed by atoms with Crippen molar-refractivity contribution in [2.75, 3.05) is 6.54 Å². The van der Waals surface area contributed by atoms with Crippen LogP contribution >= 0.6 is 11.3 Å². The molecule has 2 nitrogen and oxygen atoms in total. The highest BCUT2D eigenvalue weighted by molar-refractivity contribution is 7.11. The number of nitrogens with one attached hydrogen (secondary N) is 1. The van der Waals surface area contributed by atoms with Gasteiger partial charge in [0.15, 0.2) is 0 Å². The normalized spacial score (nSPS) is 21.2. The summed E-state index contributed by atoms with van der Waals surface area (Å²) in [6.07, 6.45) is 5.05. The van der Waals surface area contributed by atoms with Crippen LogP contribution < -0.4 is 5.32 Å². The quantitative estimate of drug-likeness (QED) is 0.880. The molecule has 3 heteroatoms. The summed E-state index contributed by atoms with van der Waals surface area (Å²) in [6, 6.07) is 0. The Morgan fingerprint density at radius 1 is 1.42 bits per heavy atom. The lowest BCUT2D eigenvalue weighted by Crippen LogP contribution is -2.39. The van der Waals surface area contributed by atoms with Gasteiger partial charge in [-0.05, 0) is 46.5 Å². The number of aromatic nitrogens is 1. The number of hydrogen-bond acceptors (Lipinski definition) is 3. The lowest BCUT2D eigenvalue weighted by atomic mass is 9.90. The minimum Gasteiger partial charge on any atom is -0.311 e. The number of aryl methyl sites for hydroxylation is 1. The van der Waals surface area contributed by atoms with Crippen LogP contribution in [0.25, 0.3) is 0 Å². The predicted octanol–water partition coefficient (Wildman–Crippen LogP) is 4.46. The second-order valence-electron chi connectivity index (χ2n) is 6.89. The van der Waals surface area contributed by atoms with Gasteiger partial charge in [-0.2, -0.15) is 0 Å². The van der Waals surface area contributed by atoms with Gasteiger partial charge in [-0.25, -0.2) is 4.98 Å². The smallest absolute Gasteiger partial charge is 0.0959 e. The third kappa shape index (κ3) is 3.79. The van der Waals surface area contributed by atoms with Crippen molar-refractivity contribution < 1.29 is 0 Å². The molecule has 0 aromatic carbocycles. The van der Waals surface area contributed by atoms with Gasteiger partial charge >= 0.3 is 0 Å². The molecule has 1 aromatic heterocycles. The molecule has 1 N–H and O–H groups in total. The van der Waals surface area contributed by atoms with Crippen molar-refractivity contribution in [3.8, 4) is 0 Å². The molecule has 1 heterocycles. The minimum atomic E-state index is 0.202. The van der Waals surface area contributed by atoms with Gasteiger partial charge in [0.25, 0.3) is 0 Å². The molecule has 1 aromatic rings. The highest BCUT2D eigenvalue weighted by Gasteiger charge is 2.26. The highest BCUT2D eigenvalue weighted by atomic mass is 32.1. The van der Waals surface area contributed by atoms with Crippen molar-refractivity contribution in [2.45, 2.75) is 77.7 Å². The monoisotopic (exact) mass is 280 g/mol. The molecule has 19 heavy (non-hydrogen) atoms. The van der Waals surface area contributed by atoms with Crippen molar-refractivity contribution in [1.29, 1.82) is 0 Å². The van der Waals surface area contributed by atoms with Crippen LogP contribution in [0, 0.1) is 0 Å². The number of hydrogen-bond donors (Lipinski definition) is 1. The van der Waals surface area contributed by atoms with E-state index in [2.05, 4.69) is 39.9 Å². The first-order chi connectivity index (χ1) is 8.90. The maximum absolute atomic E-state index is 4.98. The predicted molar refractivity (Wildman–Crippen MR) is 84.3 cm³/mol. The van der Waals surface area contributed by atoms with E-state index in [1.807, 2.05) is 11.3 Å². The molecular formula is C16H28N2S. The maximum Gasteiger partial charge on any atom is 0.0959 e. The molecule has 0 fully saturated rings. The zero-order valence-corrected chi connectivity index (χ0v) is 13.9. The lowest BCUT2D eigenvalue weighted by Gasteiger charge is -2.27. The van der Waals surface area contributed by atoms with E-state index in [0.717, 1.165) is 6.54 Å². The number of rotatable bonds is 4. The average Bonchev–Trinajstić information content (AvgIpc) is 2.78. The van der Waals surface area contributed by atoms with Gasteiger partial charge in [0.1, 0.15) is 0 Å². The fraction of sp³-hybridized carbons (Fsp3) is 0.812. The average molecular weight is 280 g/mol. The fourth-order valence-corrected chi connectivity index (χ4v) is 3.87. The van der Waals surface area contributed by atoms with Gasteiger partial charge < -0.3 is 5.32 Å². The third-order valence-electron chi connectivity index (χ3n) is 4.00. The summed E-state index contributed by atoms with van der Waals surface area (Å²) < 4.78 is 0. The summed E-state index contributed by atoms with van der Waals surface area (Å²) in [6.45, 7) is 12.3. The molecular weight excluding hydrogens is 252 g/mol. The molecule has 2 unspecified atom stereocenters. The standard InChI is InChI=1S/C16H28N2S/c1-6-11(2)15-18-14-12(10-17-16(3,4)5)8-7-9-13(14)19-15/h11-12,17H,6-10H2,1-5H3. The van der Waals surface area contributed by atoms with Crippen molar-refractivity contribution in [2.24, 2.45) is 0 Å². The molecule has 1 aliphatic rings. The Morgan fingerprint density at radius 2 is 2.16 bits per heavy atom. The largest absolute Gasteiger partial charge is 0.311 e. The third-order valence-corrected chi connectivity index (χ3v) is 5.36. The van der Waals surface area contributed by atoms with Crippen LogP contribution in [0.1, 0.15) is 81.3 Å². The molecule has 108 valence electrons. The maximum atomic E-state index is 4.98. The Bertz CT molecular complexity index is 417. The molecule has 0 aliphatic heterocycles. The van der Waals surface area contributed by atoms with Crippen molar-refractivity contribution in [1.82, 2.24) is 10.3 Å². The molecule has 0 spiro atoms. The van der Waals surface area contributed by atoms with Crippen LogP contribution in [0.2, 0.25) is 0 Å². The molecule has 0 radical (unpaired) electrons. The topological polar surface area (TPSA) is 24.9 Å². The Balaban J connectivity index is 2.12. The van der Waals surface area contributed by atoms with Gasteiger partial charge in [0, 0.05) is 28.8 Å². The van der Waals surface area contributed by atoms with Crippen LogP contribution in [0.5, 0.6) is 0 Å². The summed E-state index contributed by atoms with van der Waals surface area (Å²) in [7, 11) is 0. The first-order valence-corrected chi connectivity index (χ1v) is 8.47. The van der Waals surface area contributed by atoms with E-state index in [1.165, 1.54) is 36.4 Å². The summed E-state index contributed by atoms with van der Waals surface area (Å²) in [5, 5.41) is 5.01. The van der Waals surface area contributed by atoms with E-state index in [9.17, 15) is 0 Å². The second-order valence-corrected chi connectivity index (χ2v) is 8.01. The Labute approximate surface area is 122 Å². The molecule has 2 rings (SSSR count). The van der Waals surface area contributed by atoms with Crippen molar-refractivity contribution >= 4 is 11.3 Å². The molecule has 2 atom stereocenters. The molecule has 1 aliphatic carbocycles.